The van der Waals surface area contributed by atoms with Crippen LogP contribution in [0.4, 0.5) is 5.69 Å². The number of nitrogens with zero attached hydrogens (tertiary/aromatic N) is 1. The summed E-state index contributed by atoms with van der Waals surface area (Å²) in [4.78, 5) is 12.0. The first-order valence-electron chi connectivity index (χ1n) is 7.96. The Morgan fingerprint density at radius 2 is 1.32 bits per heavy atom. The predicted molar refractivity (Wildman–Crippen MR) is 101 cm³/mol. The fraction of sp³-hybridized carbons (Fsp3) is 0.316. The number of carbonyl (C=O) groups excluding carboxylic acids is 1. The van der Waals surface area contributed by atoms with Crippen molar-refractivity contribution in [1.29, 1.82) is 0 Å². The second kappa shape index (κ2) is 6.52. The highest BCUT2D eigenvalue weighted by Crippen LogP contribution is 2.33. The molecule has 0 fully saturated rings. The van der Waals surface area contributed by atoms with Gasteiger partial charge >= 0.3 is 0 Å². The zero-order chi connectivity index (χ0) is 19.1. The van der Waals surface area contributed by atoms with Crippen molar-refractivity contribution in [3.8, 4) is 0 Å². The summed E-state index contributed by atoms with van der Waals surface area (Å²) < 4.78 is 27.8. The third-order valence-corrected chi connectivity index (χ3v) is 7.10. The van der Waals surface area contributed by atoms with Gasteiger partial charge in [-0.25, -0.2) is 8.42 Å². The third-order valence-electron chi connectivity index (χ3n) is 5.06. The number of para-hydroxylation sites is 1. The standard InChI is InChI=1S/C19H24N2O3S/c1-11-12(2)14(4)18(15(5)13(11)3)25(23,24)21(6)17-10-8-7-9-16(17)19(20)22/h7-10H,1-6H3,(H2,20,22). The van der Waals surface area contributed by atoms with Gasteiger partial charge in [-0.15, -0.1) is 0 Å². The lowest BCUT2D eigenvalue weighted by atomic mass is 9.95. The van der Waals surface area contributed by atoms with E-state index in [1.54, 1.807) is 18.2 Å². The second-order valence-electron chi connectivity index (χ2n) is 6.31. The number of amides is 1. The molecule has 0 bridgehead atoms. The van der Waals surface area contributed by atoms with Gasteiger partial charge in [-0.05, 0) is 74.6 Å². The Bertz CT molecular complexity index is 934. The summed E-state index contributed by atoms with van der Waals surface area (Å²) in [6.07, 6.45) is 0. The molecule has 25 heavy (non-hydrogen) atoms. The zero-order valence-electron chi connectivity index (χ0n) is 15.5. The van der Waals surface area contributed by atoms with Gasteiger partial charge in [-0.3, -0.25) is 9.10 Å². The van der Waals surface area contributed by atoms with Crippen molar-refractivity contribution in [2.24, 2.45) is 5.73 Å². The molecule has 2 aromatic carbocycles. The number of primary amides is 1. The Hall–Kier alpha value is -2.34. The van der Waals surface area contributed by atoms with E-state index >= 15 is 0 Å². The van der Waals surface area contributed by atoms with Crippen LogP contribution in [0.5, 0.6) is 0 Å². The SMILES string of the molecule is Cc1c(C)c(C)c(S(=O)(=O)N(C)c2ccccc2C(N)=O)c(C)c1C. The molecule has 5 nitrogen and oxygen atoms in total. The molecule has 6 heteroatoms. The summed E-state index contributed by atoms with van der Waals surface area (Å²) in [7, 11) is -2.40. The van der Waals surface area contributed by atoms with Crippen LogP contribution in [0.3, 0.4) is 0 Å². The van der Waals surface area contributed by atoms with Crippen molar-refractivity contribution in [1.82, 2.24) is 0 Å². The zero-order valence-corrected chi connectivity index (χ0v) is 16.3. The average Bonchev–Trinajstić information content (AvgIpc) is 2.57. The molecule has 0 aromatic heterocycles. The molecule has 0 aliphatic heterocycles. The summed E-state index contributed by atoms with van der Waals surface area (Å²) >= 11 is 0. The molecule has 0 aliphatic rings. The Kier molecular flexibility index (Phi) is 4.95. The van der Waals surface area contributed by atoms with Gasteiger partial charge < -0.3 is 5.73 Å². The highest BCUT2D eigenvalue weighted by molar-refractivity contribution is 7.93. The van der Waals surface area contributed by atoms with Crippen LogP contribution < -0.4 is 10.0 Å². The normalized spacial score (nSPS) is 11.4. The molecule has 2 aromatic rings. The van der Waals surface area contributed by atoms with E-state index in [0.29, 0.717) is 0 Å². The van der Waals surface area contributed by atoms with Crippen LogP contribution in [0, 0.1) is 34.6 Å². The molecule has 0 saturated carbocycles. The number of hydrogen-bond donors (Lipinski definition) is 1. The van der Waals surface area contributed by atoms with Gasteiger partial charge in [0.2, 0.25) is 0 Å². The van der Waals surface area contributed by atoms with E-state index in [1.807, 2.05) is 34.6 Å². The van der Waals surface area contributed by atoms with E-state index in [0.717, 1.165) is 32.1 Å². The van der Waals surface area contributed by atoms with Crippen molar-refractivity contribution in [2.75, 3.05) is 11.4 Å². The number of carbonyl (C=O) groups is 1. The maximum Gasteiger partial charge on any atom is 0.264 e. The predicted octanol–water partition coefficient (Wildman–Crippen LogP) is 3.15. The van der Waals surface area contributed by atoms with E-state index in [9.17, 15) is 13.2 Å². The van der Waals surface area contributed by atoms with Crippen LogP contribution in [-0.2, 0) is 10.0 Å². The van der Waals surface area contributed by atoms with Gasteiger partial charge in [0.05, 0.1) is 16.1 Å². The molecule has 0 radical (unpaired) electrons. The molecule has 0 atom stereocenters. The van der Waals surface area contributed by atoms with Crippen molar-refractivity contribution in [3.05, 3.63) is 57.6 Å². The Morgan fingerprint density at radius 3 is 1.80 bits per heavy atom. The smallest absolute Gasteiger partial charge is 0.264 e. The molecule has 0 saturated heterocycles. The Labute approximate surface area is 149 Å². The Morgan fingerprint density at radius 1 is 0.880 bits per heavy atom. The van der Waals surface area contributed by atoms with Crippen molar-refractivity contribution >= 4 is 21.6 Å². The van der Waals surface area contributed by atoms with Crippen LogP contribution in [-0.4, -0.2) is 21.4 Å². The number of rotatable bonds is 4. The first kappa shape index (κ1) is 19.0. The van der Waals surface area contributed by atoms with Gasteiger partial charge in [0.25, 0.3) is 15.9 Å². The number of anilines is 1. The topological polar surface area (TPSA) is 80.5 Å². The largest absolute Gasteiger partial charge is 0.366 e. The van der Waals surface area contributed by atoms with Crippen LogP contribution in [0.25, 0.3) is 0 Å². The number of nitrogens with two attached hydrogens (primary N) is 1. The minimum atomic E-state index is -3.85. The molecular weight excluding hydrogens is 336 g/mol. The van der Waals surface area contributed by atoms with Crippen LogP contribution in [0.1, 0.15) is 38.2 Å². The summed E-state index contributed by atoms with van der Waals surface area (Å²) in [6.45, 7) is 9.47. The summed E-state index contributed by atoms with van der Waals surface area (Å²) in [5.41, 5.74) is 10.3. The number of sulfonamides is 1. The van der Waals surface area contributed by atoms with E-state index in [2.05, 4.69) is 0 Å². The van der Waals surface area contributed by atoms with E-state index in [4.69, 9.17) is 5.73 Å². The molecule has 0 aliphatic carbocycles. The minimum Gasteiger partial charge on any atom is -0.366 e. The number of hydrogen-bond acceptors (Lipinski definition) is 3. The monoisotopic (exact) mass is 360 g/mol. The van der Waals surface area contributed by atoms with Crippen molar-refractivity contribution in [2.45, 2.75) is 39.5 Å². The molecule has 1 amide bonds. The Balaban J connectivity index is 2.75. The van der Waals surface area contributed by atoms with Gasteiger partial charge in [-0.2, -0.15) is 0 Å². The highest BCUT2D eigenvalue weighted by Gasteiger charge is 2.29. The van der Waals surface area contributed by atoms with Gasteiger partial charge in [-0.1, -0.05) is 12.1 Å². The summed E-state index contributed by atoms with van der Waals surface area (Å²) in [6, 6.07) is 6.44. The van der Waals surface area contributed by atoms with E-state index in [-0.39, 0.29) is 16.1 Å². The van der Waals surface area contributed by atoms with Gasteiger partial charge in [0, 0.05) is 7.05 Å². The molecule has 2 N–H and O–H groups in total. The van der Waals surface area contributed by atoms with Gasteiger partial charge in [0.1, 0.15) is 0 Å². The second-order valence-corrected chi connectivity index (χ2v) is 8.21. The summed E-state index contributed by atoms with van der Waals surface area (Å²) in [5, 5.41) is 0. The van der Waals surface area contributed by atoms with E-state index in [1.165, 1.54) is 13.1 Å². The minimum absolute atomic E-state index is 0.171. The van der Waals surface area contributed by atoms with Crippen LogP contribution in [0.2, 0.25) is 0 Å². The molecular formula is C19H24N2O3S. The van der Waals surface area contributed by atoms with Crippen LogP contribution >= 0.6 is 0 Å². The lowest BCUT2D eigenvalue weighted by Gasteiger charge is -2.25. The maximum atomic E-state index is 13.3. The molecule has 0 heterocycles. The van der Waals surface area contributed by atoms with E-state index < -0.39 is 15.9 Å². The average molecular weight is 360 g/mol. The fourth-order valence-corrected chi connectivity index (χ4v) is 4.85. The first-order valence-corrected chi connectivity index (χ1v) is 9.40. The quantitative estimate of drug-likeness (QED) is 0.909. The molecule has 2 rings (SSSR count). The third kappa shape index (κ3) is 3.02. The lowest BCUT2D eigenvalue weighted by molar-refractivity contribution is 0.100. The fourth-order valence-electron chi connectivity index (χ4n) is 3.08. The van der Waals surface area contributed by atoms with Crippen molar-refractivity contribution in [3.63, 3.8) is 0 Å². The first-order chi connectivity index (χ1) is 11.5. The van der Waals surface area contributed by atoms with Crippen LogP contribution in [0.15, 0.2) is 29.2 Å². The molecule has 0 spiro atoms. The lowest BCUT2D eigenvalue weighted by Crippen LogP contribution is -2.30. The molecule has 0 unspecified atom stereocenters. The van der Waals surface area contributed by atoms with Crippen molar-refractivity contribution < 1.29 is 13.2 Å². The summed E-state index contributed by atoms with van der Waals surface area (Å²) in [5.74, 6) is -0.664. The molecule has 134 valence electrons. The maximum absolute atomic E-state index is 13.3. The van der Waals surface area contributed by atoms with Gasteiger partial charge in [0.15, 0.2) is 0 Å². The highest BCUT2D eigenvalue weighted by atomic mass is 32.2. The number of benzene rings is 2.